The zero-order valence-corrected chi connectivity index (χ0v) is 19.3. The summed E-state index contributed by atoms with van der Waals surface area (Å²) in [5, 5.41) is 0. The highest BCUT2D eigenvalue weighted by Crippen LogP contribution is 2.18. The number of aryl methyl sites for hydroxylation is 2. The summed E-state index contributed by atoms with van der Waals surface area (Å²) >= 11 is 0. The summed E-state index contributed by atoms with van der Waals surface area (Å²) in [5.41, 5.74) is 5.00. The lowest BCUT2D eigenvalue weighted by Crippen LogP contribution is -1.98. The summed E-state index contributed by atoms with van der Waals surface area (Å²) in [6.07, 6.45) is 12.9. The van der Waals surface area contributed by atoms with Crippen molar-refractivity contribution < 1.29 is 9.47 Å². The zero-order chi connectivity index (χ0) is 22.4. The van der Waals surface area contributed by atoms with Gasteiger partial charge in [-0.15, -0.1) is 0 Å². The second-order valence-corrected chi connectivity index (χ2v) is 7.90. The Balaban J connectivity index is 1.42. The summed E-state index contributed by atoms with van der Waals surface area (Å²) in [7, 11) is 0. The Morgan fingerprint density at radius 2 is 0.844 bits per heavy atom. The molecule has 3 aromatic carbocycles. The largest absolute Gasteiger partial charge is 0.489 e. The maximum atomic E-state index is 5.94. The quantitative estimate of drug-likeness (QED) is 0.274. The maximum Gasteiger partial charge on any atom is 0.119 e. The molecule has 3 rings (SSSR count). The molecule has 2 nitrogen and oxygen atoms in total. The zero-order valence-electron chi connectivity index (χ0n) is 19.3. The van der Waals surface area contributed by atoms with Crippen molar-refractivity contribution in [3.63, 3.8) is 0 Å². The van der Waals surface area contributed by atoms with Gasteiger partial charge in [-0.25, -0.2) is 0 Å². The van der Waals surface area contributed by atoms with E-state index in [0.29, 0.717) is 13.2 Å². The van der Waals surface area contributed by atoms with Crippen LogP contribution in [-0.2, 0) is 26.1 Å². The summed E-state index contributed by atoms with van der Waals surface area (Å²) in [4.78, 5) is 0. The van der Waals surface area contributed by atoms with Crippen LogP contribution >= 0.6 is 0 Å². The Morgan fingerprint density at radius 3 is 1.25 bits per heavy atom. The van der Waals surface area contributed by atoms with E-state index >= 15 is 0 Å². The van der Waals surface area contributed by atoms with Crippen molar-refractivity contribution in [2.75, 3.05) is 0 Å². The molecule has 0 saturated heterocycles. The van der Waals surface area contributed by atoms with Gasteiger partial charge in [0.25, 0.3) is 0 Å². The molecule has 0 radical (unpaired) electrons. The van der Waals surface area contributed by atoms with E-state index in [-0.39, 0.29) is 0 Å². The van der Waals surface area contributed by atoms with Crippen LogP contribution < -0.4 is 9.47 Å². The lowest BCUT2D eigenvalue weighted by Gasteiger charge is -2.10. The number of allylic oxidation sites excluding steroid dienone is 4. The lowest BCUT2D eigenvalue weighted by atomic mass is 10.1. The number of rotatable bonds is 12. The molecule has 2 heteroatoms. The molecule has 0 amide bonds. The first kappa shape index (κ1) is 23.4. The van der Waals surface area contributed by atoms with Crippen molar-refractivity contribution in [2.45, 2.75) is 52.7 Å². The topological polar surface area (TPSA) is 18.5 Å². The predicted molar refractivity (Wildman–Crippen MR) is 134 cm³/mol. The molecule has 3 aromatic rings. The van der Waals surface area contributed by atoms with Gasteiger partial charge in [0.1, 0.15) is 24.7 Å². The number of hydrogen-bond donors (Lipinski definition) is 0. The van der Waals surface area contributed by atoms with Gasteiger partial charge < -0.3 is 9.47 Å². The summed E-state index contributed by atoms with van der Waals surface area (Å²) in [6.45, 7) is 5.24. The average Bonchev–Trinajstić information content (AvgIpc) is 2.84. The minimum absolute atomic E-state index is 0.548. The molecular weight excluding hydrogens is 392 g/mol. The Kier molecular flexibility index (Phi) is 9.67. The minimum atomic E-state index is 0.548. The molecule has 0 fully saturated rings. The second-order valence-electron chi connectivity index (χ2n) is 7.90. The van der Waals surface area contributed by atoms with E-state index in [1.54, 1.807) is 0 Å². The van der Waals surface area contributed by atoms with Crippen molar-refractivity contribution in [1.29, 1.82) is 0 Å². The van der Waals surface area contributed by atoms with Gasteiger partial charge in [-0.05, 0) is 86.1 Å². The number of benzene rings is 3. The van der Waals surface area contributed by atoms with Gasteiger partial charge in [-0.3, -0.25) is 0 Å². The molecule has 0 bridgehead atoms. The van der Waals surface area contributed by atoms with Gasteiger partial charge in [0.05, 0.1) is 0 Å². The average molecular weight is 427 g/mol. The molecule has 32 heavy (non-hydrogen) atoms. The third-order valence-corrected chi connectivity index (χ3v) is 5.35. The van der Waals surface area contributed by atoms with Crippen LogP contribution in [0.1, 0.15) is 48.9 Å². The molecule has 0 atom stereocenters. The van der Waals surface area contributed by atoms with E-state index in [2.05, 4.69) is 86.7 Å². The highest BCUT2D eigenvalue weighted by molar-refractivity contribution is 5.30. The molecule has 0 N–H and O–H groups in total. The van der Waals surface area contributed by atoms with E-state index in [0.717, 1.165) is 42.7 Å². The van der Waals surface area contributed by atoms with Crippen molar-refractivity contribution >= 4 is 0 Å². The smallest absolute Gasteiger partial charge is 0.119 e. The Bertz CT molecular complexity index is 882. The molecule has 0 aliphatic heterocycles. The molecule has 0 unspecified atom stereocenters. The standard InChI is InChI=1S/C30H34O2/c1-3-5-7-9-25-11-13-27(14-12-25)23-31-30-21-17-28(18-22-30)24-32-29-19-15-26(16-20-29)10-8-6-4-2/h3-6,11-22H,7-10,23-24H2,1-2H3/b5-3+,6-4+. The first-order valence-electron chi connectivity index (χ1n) is 11.5. The predicted octanol–water partition coefficient (Wildman–Crippen LogP) is 7.86. The van der Waals surface area contributed by atoms with Crippen LogP contribution in [0.2, 0.25) is 0 Å². The fourth-order valence-corrected chi connectivity index (χ4v) is 3.40. The first-order chi connectivity index (χ1) is 15.8. The fourth-order valence-electron chi connectivity index (χ4n) is 3.40. The molecule has 0 aromatic heterocycles. The van der Waals surface area contributed by atoms with Crippen molar-refractivity contribution in [1.82, 2.24) is 0 Å². The summed E-state index contributed by atoms with van der Waals surface area (Å²) in [6, 6.07) is 25.2. The molecule has 0 saturated carbocycles. The second kappa shape index (κ2) is 13.2. The fraction of sp³-hybridized carbons (Fsp3) is 0.267. The van der Waals surface area contributed by atoms with Gasteiger partial charge in [0.2, 0.25) is 0 Å². The number of ether oxygens (including phenoxy) is 2. The van der Waals surface area contributed by atoms with Gasteiger partial charge in [0, 0.05) is 0 Å². The van der Waals surface area contributed by atoms with Gasteiger partial charge >= 0.3 is 0 Å². The molecular formula is C30H34O2. The molecule has 0 aliphatic carbocycles. The van der Waals surface area contributed by atoms with E-state index in [1.165, 1.54) is 16.7 Å². The van der Waals surface area contributed by atoms with Gasteiger partial charge in [-0.2, -0.15) is 0 Å². The van der Waals surface area contributed by atoms with Crippen LogP contribution in [0.3, 0.4) is 0 Å². The van der Waals surface area contributed by atoms with Crippen LogP contribution in [-0.4, -0.2) is 0 Å². The molecule has 0 heterocycles. The van der Waals surface area contributed by atoms with E-state index < -0.39 is 0 Å². The van der Waals surface area contributed by atoms with Crippen LogP contribution in [0.5, 0.6) is 11.5 Å². The van der Waals surface area contributed by atoms with Crippen molar-refractivity contribution in [2.24, 2.45) is 0 Å². The van der Waals surface area contributed by atoms with Crippen molar-refractivity contribution in [3.05, 3.63) is 119 Å². The SMILES string of the molecule is C/C=C/CCc1ccc(COc2ccc(COc3ccc(CC/C=C/C)cc3)cc2)cc1. The van der Waals surface area contributed by atoms with E-state index in [1.807, 2.05) is 24.3 Å². The molecule has 0 aliphatic rings. The van der Waals surface area contributed by atoms with Crippen LogP contribution in [0.25, 0.3) is 0 Å². The van der Waals surface area contributed by atoms with Crippen LogP contribution in [0, 0.1) is 0 Å². The molecule has 0 spiro atoms. The Labute approximate surface area is 193 Å². The highest BCUT2D eigenvalue weighted by Gasteiger charge is 2.01. The van der Waals surface area contributed by atoms with Crippen LogP contribution in [0.15, 0.2) is 97.1 Å². The summed E-state index contributed by atoms with van der Waals surface area (Å²) in [5.74, 6) is 1.77. The maximum absolute atomic E-state index is 5.94. The number of hydrogen-bond acceptors (Lipinski definition) is 2. The van der Waals surface area contributed by atoms with Crippen LogP contribution in [0.4, 0.5) is 0 Å². The van der Waals surface area contributed by atoms with Crippen molar-refractivity contribution in [3.8, 4) is 11.5 Å². The lowest BCUT2D eigenvalue weighted by molar-refractivity contribution is 0.300. The normalized spacial score (nSPS) is 11.3. The Morgan fingerprint density at radius 1 is 0.500 bits per heavy atom. The minimum Gasteiger partial charge on any atom is -0.489 e. The monoisotopic (exact) mass is 426 g/mol. The third-order valence-electron chi connectivity index (χ3n) is 5.35. The molecule has 166 valence electrons. The summed E-state index contributed by atoms with van der Waals surface area (Å²) < 4.78 is 11.9. The third kappa shape index (κ3) is 8.11. The first-order valence-corrected chi connectivity index (χ1v) is 11.5. The van der Waals surface area contributed by atoms with Gasteiger partial charge in [-0.1, -0.05) is 72.8 Å². The van der Waals surface area contributed by atoms with Gasteiger partial charge in [0.15, 0.2) is 0 Å². The van der Waals surface area contributed by atoms with E-state index in [4.69, 9.17) is 9.47 Å². The Hall–Kier alpha value is -3.26. The highest BCUT2D eigenvalue weighted by atomic mass is 16.5. The van der Waals surface area contributed by atoms with E-state index in [9.17, 15) is 0 Å².